The highest BCUT2D eigenvalue weighted by Gasteiger charge is 2.20. The van der Waals surface area contributed by atoms with Gasteiger partial charge in [-0.2, -0.15) is 0 Å². The van der Waals surface area contributed by atoms with E-state index in [-0.39, 0.29) is 0 Å². The SMILES string of the molecule is C[C@@H](CCN1CCCC1=O)NC[C@@H]1CC=CCC1. The molecule has 1 aliphatic heterocycles. The first-order chi connectivity index (χ1) is 8.75. The molecule has 0 unspecified atom stereocenters. The van der Waals surface area contributed by atoms with E-state index >= 15 is 0 Å². The number of allylic oxidation sites excluding steroid dienone is 2. The Labute approximate surface area is 111 Å². The standard InChI is InChI=1S/C15H26N2O/c1-13(9-11-17-10-5-8-15(17)18)16-12-14-6-3-2-4-7-14/h2-3,13-14,16H,4-12H2,1H3/t13-,14+/m0/s1. The summed E-state index contributed by atoms with van der Waals surface area (Å²) in [7, 11) is 0. The van der Waals surface area contributed by atoms with Gasteiger partial charge in [-0.1, -0.05) is 12.2 Å². The Morgan fingerprint density at radius 2 is 2.39 bits per heavy atom. The van der Waals surface area contributed by atoms with E-state index < -0.39 is 0 Å². The van der Waals surface area contributed by atoms with Crippen LogP contribution in [0.5, 0.6) is 0 Å². The lowest BCUT2D eigenvalue weighted by Crippen LogP contribution is -2.35. The number of hydrogen-bond donors (Lipinski definition) is 1. The van der Waals surface area contributed by atoms with E-state index in [4.69, 9.17) is 0 Å². The maximum absolute atomic E-state index is 11.5. The molecule has 18 heavy (non-hydrogen) atoms. The molecule has 0 aromatic rings. The molecule has 2 rings (SSSR count). The van der Waals surface area contributed by atoms with Gasteiger partial charge in [0.2, 0.25) is 5.91 Å². The van der Waals surface area contributed by atoms with Crippen molar-refractivity contribution in [3.05, 3.63) is 12.2 Å². The number of carbonyl (C=O) groups is 1. The zero-order valence-electron chi connectivity index (χ0n) is 11.5. The molecule has 0 bridgehead atoms. The average molecular weight is 250 g/mol. The van der Waals surface area contributed by atoms with Crippen molar-refractivity contribution in [3.8, 4) is 0 Å². The lowest BCUT2D eigenvalue weighted by molar-refractivity contribution is -0.127. The second-order valence-corrected chi connectivity index (χ2v) is 5.73. The third-order valence-corrected chi connectivity index (χ3v) is 4.14. The molecule has 3 nitrogen and oxygen atoms in total. The van der Waals surface area contributed by atoms with E-state index in [1.54, 1.807) is 0 Å². The molecular weight excluding hydrogens is 224 g/mol. The van der Waals surface area contributed by atoms with Crippen LogP contribution in [0.2, 0.25) is 0 Å². The van der Waals surface area contributed by atoms with Crippen molar-refractivity contribution >= 4 is 5.91 Å². The molecule has 1 saturated heterocycles. The zero-order valence-corrected chi connectivity index (χ0v) is 11.5. The van der Waals surface area contributed by atoms with Crippen molar-refractivity contribution < 1.29 is 4.79 Å². The van der Waals surface area contributed by atoms with Crippen LogP contribution in [0.4, 0.5) is 0 Å². The highest BCUT2D eigenvalue weighted by Crippen LogP contribution is 2.17. The van der Waals surface area contributed by atoms with Crippen LogP contribution in [0, 0.1) is 5.92 Å². The summed E-state index contributed by atoms with van der Waals surface area (Å²) in [4.78, 5) is 13.5. The van der Waals surface area contributed by atoms with Gasteiger partial charge in [-0.05, 0) is 51.5 Å². The molecule has 2 aliphatic rings. The predicted molar refractivity (Wildman–Crippen MR) is 74.4 cm³/mol. The largest absolute Gasteiger partial charge is 0.343 e. The van der Waals surface area contributed by atoms with Crippen molar-refractivity contribution in [2.24, 2.45) is 5.92 Å². The second kappa shape index (κ2) is 6.93. The van der Waals surface area contributed by atoms with Crippen LogP contribution in [0.3, 0.4) is 0 Å². The summed E-state index contributed by atoms with van der Waals surface area (Å²) in [6, 6.07) is 0.518. The molecular formula is C15H26N2O. The van der Waals surface area contributed by atoms with Gasteiger partial charge >= 0.3 is 0 Å². The summed E-state index contributed by atoms with van der Waals surface area (Å²) in [6.07, 6.45) is 11.3. The Bertz CT molecular complexity index is 301. The van der Waals surface area contributed by atoms with E-state index in [0.717, 1.165) is 44.8 Å². The van der Waals surface area contributed by atoms with Gasteiger partial charge in [0.1, 0.15) is 0 Å². The molecule has 1 N–H and O–H groups in total. The van der Waals surface area contributed by atoms with Crippen molar-refractivity contribution in [1.29, 1.82) is 0 Å². The fourth-order valence-corrected chi connectivity index (χ4v) is 2.80. The number of carbonyl (C=O) groups excluding carboxylic acids is 1. The van der Waals surface area contributed by atoms with Gasteiger partial charge in [0.25, 0.3) is 0 Å². The molecule has 1 heterocycles. The molecule has 0 saturated carbocycles. The van der Waals surface area contributed by atoms with Gasteiger partial charge in [-0.15, -0.1) is 0 Å². The van der Waals surface area contributed by atoms with Gasteiger partial charge < -0.3 is 10.2 Å². The monoisotopic (exact) mass is 250 g/mol. The summed E-state index contributed by atoms with van der Waals surface area (Å²) in [5, 5.41) is 3.62. The fraction of sp³-hybridized carbons (Fsp3) is 0.800. The third kappa shape index (κ3) is 4.13. The Morgan fingerprint density at radius 1 is 1.50 bits per heavy atom. The first kappa shape index (κ1) is 13.6. The maximum Gasteiger partial charge on any atom is 0.222 e. The normalized spacial score (nSPS) is 25.7. The first-order valence-corrected chi connectivity index (χ1v) is 7.42. The number of nitrogens with one attached hydrogen (secondary N) is 1. The molecule has 1 aliphatic carbocycles. The molecule has 0 spiro atoms. The summed E-state index contributed by atoms with van der Waals surface area (Å²) < 4.78 is 0. The maximum atomic E-state index is 11.5. The minimum atomic E-state index is 0.347. The van der Waals surface area contributed by atoms with Gasteiger partial charge in [-0.3, -0.25) is 4.79 Å². The van der Waals surface area contributed by atoms with Crippen LogP contribution >= 0.6 is 0 Å². The average Bonchev–Trinajstić information content (AvgIpc) is 2.81. The molecule has 1 amide bonds. The van der Waals surface area contributed by atoms with Crippen molar-refractivity contribution in [3.63, 3.8) is 0 Å². The Kier molecular flexibility index (Phi) is 5.24. The zero-order chi connectivity index (χ0) is 12.8. The molecule has 102 valence electrons. The number of hydrogen-bond acceptors (Lipinski definition) is 2. The molecule has 0 aromatic carbocycles. The van der Waals surface area contributed by atoms with Crippen molar-refractivity contribution in [2.75, 3.05) is 19.6 Å². The second-order valence-electron chi connectivity index (χ2n) is 5.73. The van der Waals surface area contributed by atoms with Gasteiger partial charge in [0, 0.05) is 25.6 Å². The highest BCUT2D eigenvalue weighted by atomic mass is 16.2. The van der Waals surface area contributed by atoms with Gasteiger partial charge in [0.15, 0.2) is 0 Å². The number of amides is 1. The van der Waals surface area contributed by atoms with Crippen LogP contribution in [0.15, 0.2) is 12.2 Å². The van der Waals surface area contributed by atoms with E-state index in [2.05, 4.69) is 24.4 Å². The summed E-state index contributed by atoms with van der Waals surface area (Å²) >= 11 is 0. The Morgan fingerprint density at radius 3 is 3.06 bits per heavy atom. The molecule has 2 atom stereocenters. The molecule has 3 heteroatoms. The molecule has 1 fully saturated rings. The van der Waals surface area contributed by atoms with Crippen molar-refractivity contribution in [2.45, 2.75) is 51.5 Å². The summed E-state index contributed by atoms with van der Waals surface area (Å²) in [5.41, 5.74) is 0. The Hall–Kier alpha value is -0.830. The van der Waals surface area contributed by atoms with E-state index in [9.17, 15) is 4.79 Å². The number of rotatable bonds is 6. The molecule has 0 aromatic heterocycles. The minimum Gasteiger partial charge on any atom is -0.343 e. The quantitative estimate of drug-likeness (QED) is 0.734. The third-order valence-electron chi connectivity index (χ3n) is 4.14. The van der Waals surface area contributed by atoms with Crippen LogP contribution in [0.25, 0.3) is 0 Å². The molecule has 0 radical (unpaired) electrons. The predicted octanol–water partition coefficient (Wildman–Crippen LogP) is 2.33. The Balaban J connectivity index is 1.58. The van der Waals surface area contributed by atoms with Crippen molar-refractivity contribution in [1.82, 2.24) is 10.2 Å². The highest BCUT2D eigenvalue weighted by molar-refractivity contribution is 5.77. The lowest BCUT2D eigenvalue weighted by Gasteiger charge is -2.23. The summed E-state index contributed by atoms with van der Waals surface area (Å²) in [6.45, 7) is 5.26. The number of likely N-dealkylation sites (tertiary alicyclic amines) is 1. The summed E-state index contributed by atoms with van der Waals surface area (Å²) in [5.74, 6) is 1.16. The van der Waals surface area contributed by atoms with Crippen LogP contribution in [0.1, 0.15) is 45.4 Å². The van der Waals surface area contributed by atoms with Gasteiger partial charge in [0.05, 0.1) is 0 Å². The van der Waals surface area contributed by atoms with E-state index in [1.807, 2.05) is 4.90 Å². The number of nitrogens with zero attached hydrogens (tertiary/aromatic N) is 1. The van der Waals surface area contributed by atoms with E-state index in [1.165, 1.54) is 19.3 Å². The smallest absolute Gasteiger partial charge is 0.222 e. The fourth-order valence-electron chi connectivity index (χ4n) is 2.80. The van der Waals surface area contributed by atoms with E-state index in [0.29, 0.717) is 11.9 Å². The van der Waals surface area contributed by atoms with Crippen LogP contribution in [-0.2, 0) is 4.79 Å². The minimum absolute atomic E-state index is 0.347. The van der Waals surface area contributed by atoms with Gasteiger partial charge in [-0.25, -0.2) is 0 Å². The van der Waals surface area contributed by atoms with Crippen LogP contribution < -0.4 is 5.32 Å². The van der Waals surface area contributed by atoms with Crippen LogP contribution in [-0.4, -0.2) is 36.5 Å². The first-order valence-electron chi connectivity index (χ1n) is 7.42. The lowest BCUT2D eigenvalue weighted by atomic mass is 9.94. The topological polar surface area (TPSA) is 32.3 Å².